The maximum Gasteiger partial charge on any atom is 0.308 e. The quantitative estimate of drug-likeness (QED) is 0.898. The maximum absolute atomic E-state index is 10.8. The van der Waals surface area contributed by atoms with Gasteiger partial charge in [-0.05, 0) is 31.9 Å². The third kappa shape index (κ3) is 3.12. The topological polar surface area (TPSA) is 62.2 Å². The van der Waals surface area contributed by atoms with E-state index in [4.69, 9.17) is 5.11 Å². The largest absolute Gasteiger partial charge is 0.481 e. The lowest BCUT2D eigenvalue weighted by Gasteiger charge is -2.09. The average Bonchev–Trinajstić information content (AvgIpc) is 2.64. The summed E-state index contributed by atoms with van der Waals surface area (Å²) in [6, 6.07) is 6.08. The SMILES string of the molecule is Cc1cccc(C)c1Nc1nc(C)c(CC(=O)O)s1. The minimum atomic E-state index is -0.828. The first-order valence-electron chi connectivity index (χ1n) is 5.98. The predicted molar refractivity (Wildman–Crippen MR) is 77.4 cm³/mol. The number of thiazole rings is 1. The Morgan fingerprint density at radius 1 is 1.32 bits per heavy atom. The van der Waals surface area contributed by atoms with Gasteiger partial charge in [0.2, 0.25) is 0 Å². The van der Waals surface area contributed by atoms with Crippen molar-refractivity contribution in [2.45, 2.75) is 27.2 Å². The molecule has 0 bridgehead atoms. The highest BCUT2D eigenvalue weighted by molar-refractivity contribution is 7.15. The van der Waals surface area contributed by atoms with E-state index in [-0.39, 0.29) is 6.42 Å². The number of nitrogens with zero attached hydrogens (tertiary/aromatic N) is 1. The first-order valence-corrected chi connectivity index (χ1v) is 6.80. The van der Waals surface area contributed by atoms with Crippen LogP contribution in [-0.2, 0) is 11.2 Å². The lowest BCUT2D eigenvalue weighted by Crippen LogP contribution is -1.99. The summed E-state index contributed by atoms with van der Waals surface area (Å²) in [4.78, 5) is 15.9. The average molecular weight is 276 g/mol. The molecular formula is C14H16N2O2S. The van der Waals surface area contributed by atoms with E-state index >= 15 is 0 Å². The van der Waals surface area contributed by atoms with Gasteiger partial charge >= 0.3 is 5.97 Å². The fraction of sp³-hybridized carbons (Fsp3) is 0.286. The lowest BCUT2D eigenvalue weighted by molar-refractivity contribution is -0.136. The van der Waals surface area contributed by atoms with Crippen molar-refractivity contribution in [2.75, 3.05) is 5.32 Å². The van der Waals surface area contributed by atoms with Crippen molar-refractivity contribution in [2.24, 2.45) is 0 Å². The maximum atomic E-state index is 10.8. The Balaban J connectivity index is 2.27. The van der Waals surface area contributed by atoms with Crippen molar-refractivity contribution in [3.8, 4) is 0 Å². The predicted octanol–water partition coefficient (Wildman–Crippen LogP) is 3.44. The Hall–Kier alpha value is -1.88. The fourth-order valence-corrected chi connectivity index (χ4v) is 2.86. The summed E-state index contributed by atoms with van der Waals surface area (Å²) in [7, 11) is 0. The number of carboxylic acid groups (broad SMARTS) is 1. The van der Waals surface area contributed by atoms with E-state index in [0.717, 1.165) is 32.5 Å². The molecule has 0 unspecified atom stereocenters. The monoisotopic (exact) mass is 276 g/mol. The van der Waals surface area contributed by atoms with Crippen LogP contribution in [-0.4, -0.2) is 16.1 Å². The molecular weight excluding hydrogens is 260 g/mol. The van der Waals surface area contributed by atoms with Crippen LogP contribution in [0.2, 0.25) is 0 Å². The van der Waals surface area contributed by atoms with Gasteiger partial charge in [0.15, 0.2) is 5.13 Å². The number of anilines is 2. The third-order valence-corrected chi connectivity index (χ3v) is 3.99. The summed E-state index contributed by atoms with van der Waals surface area (Å²) >= 11 is 1.40. The van der Waals surface area contributed by atoms with Crippen molar-refractivity contribution in [3.05, 3.63) is 39.9 Å². The lowest BCUT2D eigenvalue weighted by atomic mass is 10.1. The molecule has 100 valence electrons. The number of hydrogen-bond acceptors (Lipinski definition) is 4. The summed E-state index contributed by atoms with van der Waals surface area (Å²) in [5, 5.41) is 12.9. The molecule has 5 heteroatoms. The molecule has 19 heavy (non-hydrogen) atoms. The van der Waals surface area contributed by atoms with Gasteiger partial charge in [0.25, 0.3) is 0 Å². The normalized spacial score (nSPS) is 10.5. The van der Waals surface area contributed by atoms with E-state index in [1.807, 2.05) is 39.0 Å². The third-order valence-electron chi connectivity index (χ3n) is 2.92. The molecule has 1 aromatic carbocycles. The van der Waals surface area contributed by atoms with Gasteiger partial charge in [0.05, 0.1) is 12.1 Å². The molecule has 1 heterocycles. The summed E-state index contributed by atoms with van der Waals surface area (Å²) in [6.07, 6.45) is 0.0257. The minimum absolute atomic E-state index is 0.0257. The van der Waals surface area contributed by atoms with E-state index in [1.165, 1.54) is 11.3 Å². The highest BCUT2D eigenvalue weighted by atomic mass is 32.1. The van der Waals surface area contributed by atoms with E-state index < -0.39 is 5.97 Å². The van der Waals surface area contributed by atoms with E-state index in [1.54, 1.807) is 0 Å². The van der Waals surface area contributed by atoms with Crippen LogP contribution in [0.3, 0.4) is 0 Å². The van der Waals surface area contributed by atoms with Crippen LogP contribution in [0, 0.1) is 20.8 Å². The van der Waals surface area contributed by atoms with Crippen LogP contribution >= 0.6 is 11.3 Å². The minimum Gasteiger partial charge on any atom is -0.481 e. The van der Waals surface area contributed by atoms with Crippen LogP contribution in [0.1, 0.15) is 21.7 Å². The van der Waals surface area contributed by atoms with Gasteiger partial charge in [-0.25, -0.2) is 4.98 Å². The van der Waals surface area contributed by atoms with Gasteiger partial charge in [-0.1, -0.05) is 18.2 Å². The standard InChI is InChI=1S/C14H16N2O2S/c1-8-5-4-6-9(2)13(8)16-14-15-10(3)11(19-14)7-12(17)18/h4-6H,7H2,1-3H3,(H,15,16)(H,17,18). The van der Waals surface area contributed by atoms with Crippen molar-refractivity contribution >= 4 is 28.1 Å². The summed E-state index contributed by atoms with van der Waals surface area (Å²) in [6.45, 7) is 5.91. The first kappa shape index (κ1) is 13.5. The molecule has 0 aliphatic rings. The molecule has 0 atom stereocenters. The molecule has 2 N–H and O–H groups in total. The molecule has 0 saturated carbocycles. The molecule has 2 rings (SSSR count). The molecule has 0 aliphatic heterocycles. The van der Waals surface area contributed by atoms with Crippen molar-refractivity contribution in [1.29, 1.82) is 0 Å². The smallest absolute Gasteiger partial charge is 0.308 e. The Kier molecular flexibility index (Phi) is 3.85. The summed E-state index contributed by atoms with van der Waals surface area (Å²) < 4.78 is 0. The number of carboxylic acids is 1. The highest BCUT2D eigenvalue weighted by Gasteiger charge is 2.12. The molecule has 0 spiro atoms. The van der Waals surface area contributed by atoms with Gasteiger partial charge in [-0.15, -0.1) is 11.3 Å². The number of nitrogens with one attached hydrogen (secondary N) is 1. The molecule has 0 saturated heterocycles. The number of rotatable bonds is 4. The number of aromatic nitrogens is 1. The molecule has 2 aromatic rings. The molecule has 4 nitrogen and oxygen atoms in total. The Morgan fingerprint density at radius 3 is 2.53 bits per heavy atom. The second-order valence-corrected chi connectivity index (χ2v) is 5.57. The van der Waals surface area contributed by atoms with E-state index in [2.05, 4.69) is 10.3 Å². The fourth-order valence-electron chi connectivity index (χ4n) is 1.90. The van der Waals surface area contributed by atoms with Gasteiger partial charge in [-0.2, -0.15) is 0 Å². The number of carbonyl (C=O) groups is 1. The van der Waals surface area contributed by atoms with Crippen LogP contribution in [0.15, 0.2) is 18.2 Å². The van der Waals surface area contributed by atoms with Gasteiger partial charge < -0.3 is 10.4 Å². The van der Waals surface area contributed by atoms with E-state index in [9.17, 15) is 4.79 Å². The first-order chi connectivity index (χ1) is 8.97. The number of para-hydroxylation sites is 1. The van der Waals surface area contributed by atoms with Crippen LogP contribution in [0.25, 0.3) is 0 Å². The number of benzene rings is 1. The Labute approximate surface area is 116 Å². The molecule has 0 fully saturated rings. The Bertz CT molecular complexity index is 600. The Morgan fingerprint density at radius 2 is 1.95 bits per heavy atom. The number of aliphatic carboxylic acids is 1. The number of aryl methyl sites for hydroxylation is 3. The van der Waals surface area contributed by atoms with Crippen LogP contribution < -0.4 is 5.32 Å². The van der Waals surface area contributed by atoms with Crippen molar-refractivity contribution < 1.29 is 9.90 Å². The zero-order chi connectivity index (χ0) is 14.0. The highest BCUT2D eigenvalue weighted by Crippen LogP contribution is 2.29. The van der Waals surface area contributed by atoms with Crippen molar-refractivity contribution in [1.82, 2.24) is 4.98 Å². The zero-order valence-electron chi connectivity index (χ0n) is 11.2. The zero-order valence-corrected chi connectivity index (χ0v) is 12.0. The molecule has 0 aliphatic carbocycles. The second kappa shape index (κ2) is 5.40. The summed E-state index contributed by atoms with van der Waals surface area (Å²) in [5.74, 6) is -0.828. The van der Waals surface area contributed by atoms with E-state index in [0.29, 0.717) is 0 Å². The van der Waals surface area contributed by atoms with Gasteiger partial charge in [0, 0.05) is 10.6 Å². The van der Waals surface area contributed by atoms with Crippen molar-refractivity contribution in [3.63, 3.8) is 0 Å². The van der Waals surface area contributed by atoms with Crippen LogP contribution in [0.4, 0.5) is 10.8 Å². The molecule has 0 radical (unpaired) electrons. The number of hydrogen-bond donors (Lipinski definition) is 2. The van der Waals surface area contributed by atoms with Gasteiger partial charge in [0.1, 0.15) is 0 Å². The van der Waals surface area contributed by atoms with Gasteiger partial charge in [-0.3, -0.25) is 4.79 Å². The summed E-state index contributed by atoms with van der Waals surface area (Å²) in [5.41, 5.74) is 4.11. The van der Waals surface area contributed by atoms with Crippen LogP contribution in [0.5, 0.6) is 0 Å². The molecule has 0 amide bonds. The molecule has 1 aromatic heterocycles. The second-order valence-electron chi connectivity index (χ2n) is 4.49.